The quantitative estimate of drug-likeness (QED) is 0.862. The minimum Gasteiger partial charge on any atom is -0.352 e. The monoisotopic (exact) mass is 252 g/mol. The number of rotatable bonds is 4. The summed E-state index contributed by atoms with van der Waals surface area (Å²) in [5.41, 5.74) is 0.960. The van der Waals surface area contributed by atoms with Crippen LogP contribution in [-0.2, 0) is 11.3 Å². The van der Waals surface area contributed by atoms with Crippen molar-refractivity contribution in [2.45, 2.75) is 31.8 Å². The second kappa shape index (κ2) is 6.03. The van der Waals surface area contributed by atoms with Crippen LogP contribution < -0.4 is 10.6 Å². The van der Waals surface area contributed by atoms with Gasteiger partial charge in [-0.25, -0.2) is 0 Å². The molecule has 4 heteroatoms. The summed E-state index contributed by atoms with van der Waals surface area (Å²) in [6.45, 7) is 1.54. The van der Waals surface area contributed by atoms with Crippen LogP contribution in [0.4, 0.5) is 0 Å². The normalized spacial score (nSPS) is 19.2. The summed E-state index contributed by atoms with van der Waals surface area (Å²) >= 11 is 6.01. The van der Waals surface area contributed by atoms with E-state index in [2.05, 4.69) is 10.6 Å². The van der Waals surface area contributed by atoms with Gasteiger partial charge in [-0.1, -0.05) is 29.8 Å². The largest absolute Gasteiger partial charge is 0.352 e. The molecule has 0 aliphatic carbocycles. The molecule has 1 atom stereocenters. The number of hydrogen-bond donors (Lipinski definition) is 2. The maximum atomic E-state index is 11.7. The number of halogens is 1. The molecule has 1 heterocycles. The van der Waals surface area contributed by atoms with Gasteiger partial charge in [0.2, 0.25) is 5.91 Å². The number of carbonyl (C=O) groups is 1. The van der Waals surface area contributed by atoms with Crippen molar-refractivity contribution in [3.05, 3.63) is 34.9 Å². The van der Waals surface area contributed by atoms with Crippen LogP contribution >= 0.6 is 11.6 Å². The molecule has 0 bridgehead atoms. The fourth-order valence-corrected chi connectivity index (χ4v) is 2.27. The van der Waals surface area contributed by atoms with E-state index in [0.29, 0.717) is 24.0 Å². The summed E-state index contributed by atoms with van der Waals surface area (Å²) in [5, 5.41) is 6.91. The highest BCUT2D eigenvalue weighted by atomic mass is 35.5. The Balaban J connectivity index is 1.77. The van der Waals surface area contributed by atoms with Crippen LogP contribution in [0.1, 0.15) is 24.8 Å². The highest BCUT2D eigenvalue weighted by Crippen LogP contribution is 2.14. The molecule has 1 saturated heterocycles. The highest BCUT2D eigenvalue weighted by molar-refractivity contribution is 6.31. The zero-order chi connectivity index (χ0) is 12.1. The van der Waals surface area contributed by atoms with E-state index in [4.69, 9.17) is 11.6 Å². The molecule has 3 nitrogen and oxygen atoms in total. The van der Waals surface area contributed by atoms with Crippen molar-refractivity contribution in [3.8, 4) is 0 Å². The Kier molecular flexibility index (Phi) is 4.40. The van der Waals surface area contributed by atoms with Crippen molar-refractivity contribution in [2.24, 2.45) is 0 Å². The Morgan fingerprint density at radius 2 is 2.29 bits per heavy atom. The van der Waals surface area contributed by atoms with E-state index in [1.807, 2.05) is 24.3 Å². The SMILES string of the molecule is O=C(CC1CCCN1)NCc1ccccc1Cl. The molecular formula is C13H17ClN2O. The van der Waals surface area contributed by atoms with Gasteiger partial charge in [0.15, 0.2) is 0 Å². The molecule has 2 rings (SSSR count). The molecule has 0 saturated carbocycles. The average molecular weight is 253 g/mol. The molecule has 0 aromatic heterocycles. The summed E-state index contributed by atoms with van der Waals surface area (Å²) in [7, 11) is 0. The van der Waals surface area contributed by atoms with Crippen LogP contribution in [0.5, 0.6) is 0 Å². The third-order valence-corrected chi connectivity index (χ3v) is 3.40. The number of amides is 1. The summed E-state index contributed by atoms with van der Waals surface area (Å²) < 4.78 is 0. The van der Waals surface area contributed by atoms with E-state index in [-0.39, 0.29) is 5.91 Å². The zero-order valence-corrected chi connectivity index (χ0v) is 10.5. The number of hydrogen-bond acceptors (Lipinski definition) is 2. The predicted molar refractivity (Wildman–Crippen MR) is 68.9 cm³/mol. The van der Waals surface area contributed by atoms with Crippen molar-refractivity contribution >= 4 is 17.5 Å². The van der Waals surface area contributed by atoms with Crippen molar-refractivity contribution < 1.29 is 4.79 Å². The van der Waals surface area contributed by atoms with Gasteiger partial charge in [-0.05, 0) is 31.0 Å². The van der Waals surface area contributed by atoms with Crippen LogP contribution in [0.25, 0.3) is 0 Å². The first-order chi connectivity index (χ1) is 8.25. The van der Waals surface area contributed by atoms with Crippen LogP contribution in [0.2, 0.25) is 5.02 Å². The highest BCUT2D eigenvalue weighted by Gasteiger charge is 2.17. The van der Waals surface area contributed by atoms with E-state index in [0.717, 1.165) is 18.5 Å². The van der Waals surface area contributed by atoms with E-state index in [9.17, 15) is 4.79 Å². The molecule has 1 fully saturated rings. The number of benzene rings is 1. The fraction of sp³-hybridized carbons (Fsp3) is 0.462. The summed E-state index contributed by atoms with van der Waals surface area (Å²) in [4.78, 5) is 11.7. The summed E-state index contributed by atoms with van der Waals surface area (Å²) in [6.07, 6.45) is 2.83. The molecule has 2 N–H and O–H groups in total. The Bertz CT molecular complexity index is 389. The van der Waals surface area contributed by atoms with E-state index < -0.39 is 0 Å². The standard InChI is InChI=1S/C13H17ClN2O/c14-12-6-2-1-4-10(12)9-16-13(17)8-11-5-3-7-15-11/h1-2,4,6,11,15H,3,5,7-9H2,(H,16,17). The van der Waals surface area contributed by atoms with Gasteiger partial charge < -0.3 is 10.6 Å². The van der Waals surface area contributed by atoms with Crippen LogP contribution in [-0.4, -0.2) is 18.5 Å². The minimum absolute atomic E-state index is 0.0873. The summed E-state index contributed by atoms with van der Waals surface area (Å²) in [6, 6.07) is 7.92. The Labute approximate surface area is 107 Å². The van der Waals surface area contributed by atoms with Gasteiger partial charge in [-0.3, -0.25) is 4.79 Å². The van der Waals surface area contributed by atoms with E-state index in [1.54, 1.807) is 0 Å². The number of nitrogens with one attached hydrogen (secondary N) is 2. The lowest BCUT2D eigenvalue weighted by molar-refractivity contribution is -0.121. The molecular weight excluding hydrogens is 236 g/mol. The lowest BCUT2D eigenvalue weighted by Crippen LogP contribution is -2.31. The third-order valence-electron chi connectivity index (χ3n) is 3.03. The van der Waals surface area contributed by atoms with Gasteiger partial charge in [0.25, 0.3) is 0 Å². The van der Waals surface area contributed by atoms with Gasteiger partial charge >= 0.3 is 0 Å². The lowest BCUT2D eigenvalue weighted by Gasteiger charge is -2.11. The minimum atomic E-state index is 0.0873. The third kappa shape index (κ3) is 3.72. The van der Waals surface area contributed by atoms with Crippen molar-refractivity contribution in [2.75, 3.05) is 6.54 Å². The smallest absolute Gasteiger partial charge is 0.221 e. The molecule has 1 aliphatic heterocycles. The molecule has 1 aromatic rings. The van der Waals surface area contributed by atoms with E-state index in [1.165, 1.54) is 6.42 Å². The van der Waals surface area contributed by atoms with Crippen LogP contribution in [0.3, 0.4) is 0 Å². The van der Waals surface area contributed by atoms with Crippen molar-refractivity contribution in [1.82, 2.24) is 10.6 Å². The summed E-state index contributed by atoms with van der Waals surface area (Å²) in [5.74, 6) is 0.0873. The first-order valence-electron chi connectivity index (χ1n) is 5.99. The molecule has 92 valence electrons. The average Bonchev–Trinajstić information content (AvgIpc) is 2.81. The van der Waals surface area contributed by atoms with E-state index >= 15 is 0 Å². The van der Waals surface area contributed by atoms with Crippen molar-refractivity contribution in [3.63, 3.8) is 0 Å². The van der Waals surface area contributed by atoms with Gasteiger partial charge in [-0.2, -0.15) is 0 Å². The number of carbonyl (C=O) groups excluding carboxylic acids is 1. The second-order valence-corrected chi connectivity index (χ2v) is 4.77. The molecule has 1 aliphatic rings. The van der Waals surface area contributed by atoms with Crippen LogP contribution in [0, 0.1) is 0 Å². The van der Waals surface area contributed by atoms with Crippen molar-refractivity contribution in [1.29, 1.82) is 0 Å². The van der Waals surface area contributed by atoms with Gasteiger partial charge in [-0.15, -0.1) is 0 Å². The topological polar surface area (TPSA) is 41.1 Å². The molecule has 0 radical (unpaired) electrons. The first kappa shape index (κ1) is 12.4. The van der Waals surface area contributed by atoms with Crippen LogP contribution in [0.15, 0.2) is 24.3 Å². The molecule has 1 amide bonds. The fourth-order valence-electron chi connectivity index (χ4n) is 2.06. The molecule has 1 unspecified atom stereocenters. The second-order valence-electron chi connectivity index (χ2n) is 4.37. The molecule has 17 heavy (non-hydrogen) atoms. The first-order valence-corrected chi connectivity index (χ1v) is 6.37. The Morgan fingerprint density at radius 3 is 3.00 bits per heavy atom. The molecule has 1 aromatic carbocycles. The zero-order valence-electron chi connectivity index (χ0n) is 9.71. The molecule has 0 spiro atoms. The Morgan fingerprint density at radius 1 is 1.47 bits per heavy atom. The maximum absolute atomic E-state index is 11.7. The van der Waals surface area contributed by atoms with Gasteiger partial charge in [0.1, 0.15) is 0 Å². The Hall–Kier alpha value is -1.06. The van der Waals surface area contributed by atoms with Gasteiger partial charge in [0, 0.05) is 24.0 Å². The van der Waals surface area contributed by atoms with Gasteiger partial charge in [0.05, 0.1) is 0 Å². The lowest BCUT2D eigenvalue weighted by atomic mass is 10.1. The maximum Gasteiger partial charge on any atom is 0.221 e. The predicted octanol–water partition coefficient (Wildman–Crippen LogP) is 2.10.